The Bertz CT molecular complexity index is 566. The van der Waals surface area contributed by atoms with Crippen molar-refractivity contribution in [3.63, 3.8) is 0 Å². The smallest absolute Gasteiger partial charge is 0.124 e. The number of rotatable bonds is 8. The van der Waals surface area contributed by atoms with Gasteiger partial charge in [-0.05, 0) is 30.3 Å². The molecule has 0 aliphatic carbocycles. The predicted molar refractivity (Wildman–Crippen MR) is 82.8 cm³/mol. The maximum absolute atomic E-state index is 5.91. The largest absolute Gasteiger partial charge is 0.497 e. The second-order valence-corrected chi connectivity index (χ2v) is 4.87. The predicted octanol–water partition coefficient (Wildman–Crippen LogP) is 2.16. The highest BCUT2D eigenvalue weighted by atomic mass is 16.5. The summed E-state index contributed by atoms with van der Waals surface area (Å²) in [6, 6.07) is 5.91. The fourth-order valence-electron chi connectivity index (χ4n) is 2.10. The van der Waals surface area contributed by atoms with Gasteiger partial charge in [-0.3, -0.25) is 4.68 Å². The van der Waals surface area contributed by atoms with E-state index >= 15 is 0 Å². The van der Waals surface area contributed by atoms with Gasteiger partial charge >= 0.3 is 0 Å². The maximum atomic E-state index is 5.91. The monoisotopic (exact) mass is 289 g/mol. The van der Waals surface area contributed by atoms with Crippen molar-refractivity contribution in [3.05, 3.63) is 41.7 Å². The third-order valence-corrected chi connectivity index (χ3v) is 3.24. The van der Waals surface area contributed by atoms with E-state index in [0.29, 0.717) is 6.61 Å². The summed E-state index contributed by atoms with van der Waals surface area (Å²) < 4.78 is 13.0. The van der Waals surface area contributed by atoms with Gasteiger partial charge in [0.05, 0.1) is 19.9 Å². The molecule has 1 aromatic heterocycles. The van der Waals surface area contributed by atoms with Crippen molar-refractivity contribution < 1.29 is 9.47 Å². The van der Waals surface area contributed by atoms with Crippen molar-refractivity contribution in [2.24, 2.45) is 7.05 Å². The maximum Gasteiger partial charge on any atom is 0.124 e. The molecule has 0 bridgehead atoms. The summed E-state index contributed by atoms with van der Waals surface area (Å²) in [5.41, 5.74) is 2.29. The highest BCUT2D eigenvalue weighted by molar-refractivity contribution is 5.40. The molecular weight excluding hydrogens is 266 g/mol. The van der Waals surface area contributed by atoms with Crippen LogP contribution in [0, 0.1) is 0 Å². The summed E-state index contributed by atoms with van der Waals surface area (Å²) in [5, 5.41) is 7.48. The molecule has 1 heterocycles. The van der Waals surface area contributed by atoms with E-state index in [1.54, 1.807) is 11.8 Å². The Morgan fingerprint density at radius 3 is 2.86 bits per heavy atom. The van der Waals surface area contributed by atoms with Crippen LogP contribution >= 0.6 is 0 Å². The average molecular weight is 289 g/mol. The third kappa shape index (κ3) is 4.49. The highest BCUT2D eigenvalue weighted by Gasteiger charge is 2.06. The van der Waals surface area contributed by atoms with Crippen LogP contribution in [-0.4, -0.2) is 30.0 Å². The highest BCUT2D eigenvalue weighted by Crippen LogP contribution is 2.24. The lowest BCUT2D eigenvalue weighted by molar-refractivity contribution is 0.316. The molecule has 0 unspecified atom stereocenters. The summed E-state index contributed by atoms with van der Waals surface area (Å²) in [6.45, 7) is 4.42. The van der Waals surface area contributed by atoms with Gasteiger partial charge in [-0.2, -0.15) is 5.10 Å². The number of ether oxygens (including phenoxy) is 2. The van der Waals surface area contributed by atoms with E-state index in [0.717, 1.165) is 36.6 Å². The molecule has 0 radical (unpaired) electrons. The molecule has 0 aliphatic heterocycles. The Morgan fingerprint density at radius 2 is 2.19 bits per heavy atom. The summed E-state index contributed by atoms with van der Waals surface area (Å²) in [5.74, 6) is 1.75. The van der Waals surface area contributed by atoms with Gasteiger partial charge in [0.15, 0.2) is 0 Å². The molecule has 5 nitrogen and oxygen atoms in total. The molecule has 2 aromatic rings. The molecule has 2 rings (SSSR count). The zero-order chi connectivity index (χ0) is 15.1. The summed E-state index contributed by atoms with van der Waals surface area (Å²) >= 11 is 0. The normalized spacial score (nSPS) is 10.6. The SMILES string of the molecule is CCNCc1cc(OC)ccc1OCCc1cnn(C)c1. The Hall–Kier alpha value is -2.01. The molecule has 1 N–H and O–H groups in total. The number of benzene rings is 1. The Morgan fingerprint density at radius 1 is 1.33 bits per heavy atom. The minimum atomic E-state index is 0.636. The minimum Gasteiger partial charge on any atom is -0.497 e. The summed E-state index contributed by atoms with van der Waals surface area (Å²) in [6.07, 6.45) is 4.73. The molecule has 114 valence electrons. The summed E-state index contributed by atoms with van der Waals surface area (Å²) in [7, 11) is 3.59. The molecule has 0 saturated carbocycles. The van der Waals surface area contributed by atoms with Gasteiger partial charge in [-0.15, -0.1) is 0 Å². The van der Waals surface area contributed by atoms with Crippen molar-refractivity contribution in [2.45, 2.75) is 19.9 Å². The first-order valence-corrected chi connectivity index (χ1v) is 7.21. The van der Waals surface area contributed by atoms with Crippen molar-refractivity contribution in [3.8, 4) is 11.5 Å². The molecule has 0 atom stereocenters. The topological polar surface area (TPSA) is 48.3 Å². The second kappa shape index (κ2) is 7.69. The van der Waals surface area contributed by atoms with E-state index in [2.05, 4.69) is 17.3 Å². The van der Waals surface area contributed by atoms with Crippen molar-refractivity contribution in [2.75, 3.05) is 20.3 Å². The number of hydrogen-bond donors (Lipinski definition) is 1. The van der Waals surface area contributed by atoms with Crippen LogP contribution in [0.1, 0.15) is 18.1 Å². The standard InChI is InChI=1S/C16H23N3O2/c1-4-17-11-14-9-15(20-3)5-6-16(14)21-8-7-13-10-18-19(2)12-13/h5-6,9-10,12,17H,4,7-8,11H2,1-3H3. The number of nitrogens with zero attached hydrogens (tertiary/aromatic N) is 2. The average Bonchev–Trinajstić information content (AvgIpc) is 2.91. The van der Waals surface area contributed by atoms with Crippen molar-refractivity contribution in [1.82, 2.24) is 15.1 Å². The fourth-order valence-corrected chi connectivity index (χ4v) is 2.10. The lowest BCUT2D eigenvalue weighted by Gasteiger charge is -2.13. The van der Waals surface area contributed by atoms with Crippen LogP contribution in [0.2, 0.25) is 0 Å². The van der Waals surface area contributed by atoms with Gasteiger partial charge in [-0.1, -0.05) is 6.92 Å². The van der Waals surface area contributed by atoms with E-state index < -0.39 is 0 Å². The number of hydrogen-bond acceptors (Lipinski definition) is 4. The van der Waals surface area contributed by atoms with Gasteiger partial charge in [0, 0.05) is 31.8 Å². The van der Waals surface area contributed by atoms with Crippen LogP contribution in [0.25, 0.3) is 0 Å². The zero-order valence-corrected chi connectivity index (χ0v) is 12.9. The van der Waals surface area contributed by atoms with Crippen molar-refractivity contribution >= 4 is 0 Å². The molecule has 0 saturated heterocycles. The van der Waals surface area contributed by atoms with Gasteiger partial charge in [0.25, 0.3) is 0 Å². The zero-order valence-electron chi connectivity index (χ0n) is 12.9. The number of aromatic nitrogens is 2. The second-order valence-electron chi connectivity index (χ2n) is 4.87. The Kier molecular flexibility index (Phi) is 5.63. The molecule has 1 aromatic carbocycles. The first-order chi connectivity index (χ1) is 10.2. The van der Waals surface area contributed by atoms with E-state index in [1.165, 1.54) is 5.56 Å². The van der Waals surface area contributed by atoms with Crippen LogP contribution in [0.15, 0.2) is 30.6 Å². The molecule has 21 heavy (non-hydrogen) atoms. The van der Waals surface area contributed by atoms with Crippen molar-refractivity contribution in [1.29, 1.82) is 0 Å². The number of aryl methyl sites for hydroxylation is 1. The van der Waals surface area contributed by atoms with Gasteiger partial charge in [0.2, 0.25) is 0 Å². The van der Waals surface area contributed by atoms with Gasteiger partial charge in [-0.25, -0.2) is 0 Å². The number of methoxy groups -OCH3 is 1. The quantitative estimate of drug-likeness (QED) is 0.809. The first kappa shape index (κ1) is 15.4. The molecule has 0 fully saturated rings. The molecule has 5 heteroatoms. The van der Waals surface area contributed by atoms with Crippen LogP contribution in [0.4, 0.5) is 0 Å². The minimum absolute atomic E-state index is 0.636. The Balaban J connectivity index is 1.97. The fraction of sp³-hybridized carbons (Fsp3) is 0.438. The lowest BCUT2D eigenvalue weighted by atomic mass is 10.2. The third-order valence-electron chi connectivity index (χ3n) is 3.24. The molecular formula is C16H23N3O2. The summed E-state index contributed by atoms with van der Waals surface area (Å²) in [4.78, 5) is 0. The van der Waals surface area contributed by atoms with E-state index in [9.17, 15) is 0 Å². The van der Waals surface area contributed by atoms with Gasteiger partial charge < -0.3 is 14.8 Å². The molecule has 0 spiro atoms. The first-order valence-electron chi connectivity index (χ1n) is 7.21. The van der Waals surface area contributed by atoms with Crippen LogP contribution < -0.4 is 14.8 Å². The number of nitrogens with one attached hydrogen (secondary N) is 1. The Labute approximate surface area is 125 Å². The van der Waals surface area contributed by atoms with Crippen LogP contribution in [-0.2, 0) is 20.0 Å². The molecule has 0 aliphatic rings. The van der Waals surface area contributed by atoms with Crippen LogP contribution in [0.5, 0.6) is 11.5 Å². The van der Waals surface area contributed by atoms with E-state index in [1.807, 2.05) is 37.6 Å². The van der Waals surface area contributed by atoms with E-state index in [4.69, 9.17) is 9.47 Å². The molecule has 0 amide bonds. The van der Waals surface area contributed by atoms with Gasteiger partial charge in [0.1, 0.15) is 11.5 Å². The van der Waals surface area contributed by atoms with Crippen LogP contribution in [0.3, 0.4) is 0 Å². The van der Waals surface area contributed by atoms with E-state index in [-0.39, 0.29) is 0 Å². The lowest BCUT2D eigenvalue weighted by Crippen LogP contribution is -2.13.